The number of ketones is 1. The zero-order chi connectivity index (χ0) is 24.9. The second-order valence-corrected chi connectivity index (χ2v) is 9.48. The third kappa shape index (κ3) is 6.12. The molecule has 1 aromatic carbocycles. The molecule has 1 N–H and O–H groups in total. The fraction of sp³-hybridized carbons (Fsp3) is 0.542. The first-order valence-electron chi connectivity index (χ1n) is 11.2. The first-order chi connectivity index (χ1) is 16.0. The molecule has 1 saturated carbocycles. The number of amides is 2. The second kappa shape index (κ2) is 10.2. The molecule has 0 aromatic heterocycles. The highest BCUT2D eigenvalue weighted by atomic mass is 16.6. The van der Waals surface area contributed by atoms with Crippen LogP contribution in [0.2, 0.25) is 0 Å². The van der Waals surface area contributed by atoms with Crippen molar-refractivity contribution in [3.63, 3.8) is 0 Å². The minimum absolute atomic E-state index is 0.0109. The summed E-state index contributed by atoms with van der Waals surface area (Å²) in [5.41, 5.74) is -0.933. The minimum atomic E-state index is -0.938. The van der Waals surface area contributed by atoms with E-state index in [0.29, 0.717) is 12.8 Å². The van der Waals surface area contributed by atoms with Crippen LogP contribution in [0.5, 0.6) is 0 Å². The Morgan fingerprint density at radius 3 is 2.53 bits per heavy atom. The van der Waals surface area contributed by atoms with Crippen LogP contribution < -0.4 is 5.32 Å². The first kappa shape index (κ1) is 25.2. The Kier molecular flexibility index (Phi) is 7.58. The van der Waals surface area contributed by atoms with Gasteiger partial charge >= 0.3 is 18.2 Å². The van der Waals surface area contributed by atoms with Gasteiger partial charge in [0.15, 0.2) is 5.78 Å². The van der Waals surface area contributed by atoms with E-state index in [1.807, 2.05) is 18.2 Å². The van der Waals surface area contributed by atoms with Gasteiger partial charge in [-0.05, 0) is 39.2 Å². The largest absolute Gasteiger partial charge is 0.463 e. The molecule has 0 spiro atoms. The molecule has 1 aliphatic heterocycles. The van der Waals surface area contributed by atoms with Gasteiger partial charge in [-0.25, -0.2) is 9.59 Å². The molecule has 184 valence electrons. The molecule has 3 rings (SSSR count). The quantitative estimate of drug-likeness (QED) is 0.306. The lowest BCUT2D eigenvalue weighted by Crippen LogP contribution is -2.57. The summed E-state index contributed by atoms with van der Waals surface area (Å²) >= 11 is 0. The van der Waals surface area contributed by atoms with Crippen LogP contribution in [0.3, 0.4) is 0 Å². The molecule has 0 bridgehead atoms. The van der Waals surface area contributed by atoms with E-state index in [-0.39, 0.29) is 31.5 Å². The number of alkyl carbamates (subject to hydrolysis) is 1. The van der Waals surface area contributed by atoms with Gasteiger partial charge in [0.2, 0.25) is 5.96 Å². The smallest absolute Gasteiger partial charge is 0.437 e. The van der Waals surface area contributed by atoms with Gasteiger partial charge in [0.05, 0.1) is 12.1 Å². The van der Waals surface area contributed by atoms with E-state index in [1.54, 1.807) is 37.8 Å². The summed E-state index contributed by atoms with van der Waals surface area (Å²) in [4.78, 5) is 55.1. The molecule has 1 aliphatic carbocycles. The van der Waals surface area contributed by atoms with E-state index in [0.717, 1.165) is 12.0 Å². The summed E-state index contributed by atoms with van der Waals surface area (Å²) in [5.74, 6) is -1.13. The molecular weight excluding hydrogens is 442 g/mol. The van der Waals surface area contributed by atoms with E-state index in [4.69, 9.17) is 14.2 Å². The van der Waals surface area contributed by atoms with Gasteiger partial charge in [0.1, 0.15) is 18.8 Å². The minimum Gasteiger partial charge on any atom is -0.463 e. The van der Waals surface area contributed by atoms with Crippen molar-refractivity contribution >= 4 is 29.9 Å². The lowest BCUT2D eigenvalue weighted by molar-refractivity contribution is -0.145. The van der Waals surface area contributed by atoms with Gasteiger partial charge in [0, 0.05) is 12.8 Å². The highest BCUT2D eigenvalue weighted by Crippen LogP contribution is 2.46. The number of rotatable bonds is 4. The van der Waals surface area contributed by atoms with Gasteiger partial charge in [-0.3, -0.25) is 14.9 Å². The molecule has 2 aliphatic rings. The average Bonchev–Trinajstić information content (AvgIpc) is 3.29. The summed E-state index contributed by atoms with van der Waals surface area (Å²) in [5, 5.41) is 2.51. The third-order valence-corrected chi connectivity index (χ3v) is 5.79. The van der Waals surface area contributed by atoms with E-state index in [2.05, 4.69) is 10.3 Å². The molecule has 1 saturated heterocycles. The molecule has 2 atom stereocenters. The lowest BCUT2D eigenvalue weighted by Gasteiger charge is -2.38. The maximum absolute atomic E-state index is 12.8. The van der Waals surface area contributed by atoms with Crippen LogP contribution in [-0.4, -0.2) is 59.1 Å². The topological polar surface area (TPSA) is 124 Å². The average molecular weight is 474 g/mol. The fourth-order valence-electron chi connectivity index (χ4n) is 4.41. The Morgan fingerprint density at radius 1 is 1.18 bits per heavy atom. The number of benzene rings is 1. The van der Waals surface area contributed by atoms with Crippen LogP contribution >= 0.6 is 0 Å². The number of aliphatic imine (C=N–C) groups is 1. The Morgan fingerprint density at radius 2 is 1.88 bits per heavy atom. The van der Waals surface area contributed by atoms with Gasteiger partial charge in [-0.2, -0.15) is 0 Å². The van der Waals surface area contributed by atoms with E-state index < -0.39 is 35.2 Å². The standard InChI is InChI=1S/C24H31N3O7/c1-16(28)33-15-24-12-8-11-18(24)19(29)13-27(24)20(26-22(31)34-23(2,3)4)25-21(30)32-14-17-9-6-5-7-10-17/h5-7,9-10,18H,8,11-15H2,1-4H3,(H,25,26,30,31)/t18-,24+/m0/s1. The van der Waals surface area contributed by atoms with Crippen molar-refractivity contribution < 1.29 is 33.4 Å². The van der Waals surface area contributed by atoms with Crippen molar-refractivity contribution in [2.45, 2.75) is 64.7 Å². The van der Waals surface area contributed by atoms with Crippen LogP contribution in [0.1, 0.15) is 52.5 Å². The summed E-state index contributed by atoms with van der Waals surface area (Å²) in [7, 11) is 0. The molecule has 0 unspecified atom stereocenters. The first-order valence-corrected chi connectivity index (χ1v) is 11.2. The Labute approximate surface area is 198 Å². The highest BCUT2D eigenvalue weighted by Gasteiger charge is 2.58. The van der Waals surface area contributed by atoms with Gasteiger partial charge in [0.25, 0.3) is 0 Å². The van der Waals surface area contributed by atoms with Gasteiger partial charge in [-0.1, -0.05) is 36.8 Å². The number of esters is 1. The predicted molar refractivity (Wildman–Crippen MR) is 122 cm³/mol. The van der Waals surface area contributed by atoms with Crippen molar-refractivity contribution in [3.05, 3.63) is 35.9 Å². The number of nitrogens with one attached hydrogen (secondary N) is 1. The monoisotopic (exact) mass is 473 g/mol. The van der Waals surface area contributed by atoms with Crippen LogP contribution in [0.15, 0.2) is 35.3 Å². The maximum Gasteiger partial charge on any atom is 0.437 e. The lowest BCUT2D eigenvalue weighted by atomic mass is 9.88. The summed E-state index contributed by atoms with van der Waals surface area (Å²) in [6.45, 7) is 6.23. The number of hydrogen-bond acceptors (Lipinski definition) is 7. The number of guanidine groups is 1. The Bertz CT molecular complexity index is 971. The van der Waals surface area contributed by atoms with Crippen molar-refractivity contribution in [2.75, 3.05) is 13.2 Å². The molecule has 1 heterocycles. The summed E-state index contributed by atoms with van der Waals surface area (Å²) in [6.07, 6.45) is 0.108. The zero-order valence-corrected chi connectivity index (χ0v) is 20.0. The molecule has 2 fully saturated rings. The van der Waals surface area contributed by atoms with Gasteiger partial charge < -0.3 is 19.1 Å². The highest BCUT2D eigenvalue weighted by molar-refractivity contribution is 6.03. The van der Waals surface area contributed by atoms with Crippen molar-refractivity contribution in [1.29, 1.82) is 0 Å². The third-order valence-electron chi connectivity index (χ3n) is 5.79. The van der Waals surface area contributed by atoms with Crippen molar-refractivity contribution in [1.82, 2.24) is 10.2 Å². The molecule has 10 nitrogen and oxygen atoms in total. The van der Waals surface area contributed by atoms with Gasteiger partial charge in [-0.15, -0.1) is 4.99 Å². The number of fused-ring (bicyclic) bond motifs is 1. The summed E-state index contributed by atoms with van der Waals surface area (Å²) < 4.78 is 15.9. The Hall–Kier alpha value is -3.43. The van der Waals surface area contributed by atoms with Crippen LogP contribution in [0.25, 0.3) is 0 Å². The molecule has 2 amide bonds. The second-order valence-electron chi connectivity index (χ2n) is 9.48. The molecule has 34 heavy (non-hydrogen) atoms. The number of carbonyl (C=O) groups excluding carboxylic acids is 4. The number of hydrogen-bond donors (Lipinski definition) is 1. The predicted octanol–water partition coefficient (Wildman–Crippen LogP) is 3.19. The number of Topliss-reactive ketones (excluding diaryl/α,β-unsaturated/α-hetero) is 1. The van der Waals surface area contributed by atoms with Crippen molar-refractivity contribution in [2.24, 2.45) is 10.9 Å². The fourth-order valence-corrected chi connectivity index (χ4v) is 4.41. The summed E-state index contributed by atoms with van der Waals surface area (Å²) in [6, 6.07) is 9.07. The van der Waals surface area contributed by atoms with Crippen molar-refractivity contribution in [3.8, 4) is 0 Å². The zero-order valence-electron chi connectivity index (χ0n) is 20.0. The van der Waals surface area contributed by atoms with Crippen LogP contribution in [-0.2, 0) is 30.4 Å². The SMILES string of the molecule is CC(=O)OC[C@]12CCC[C@H]1C(=O)CN2/C(=N/C(=O)OCc1ccccc1)NC(=O)OC(C)(C)C. The van der Waals surface area contributed by atoms with E-state index >= 15 is 0 Å². The molecule has 1 aromatic rings. The van der Waals surface area contributed by atoms with Crippen LogP contribution in [0.4, 0.5) is 9.59 Å². The number of likely N-dealkylation sites (tertiary alicyclic amines) is 1. The van der Waals surface area contributed by atoms with Crippen LogP contribution in [0, 0.1) is 5.92 Å². The Balaban J connectivity index is 1.88. The van der Waals surface area contributed by atoms with E-state index in [1.165, 1.54) is 6.92 Å². The van der Waals surface area contributed by atoms with E-state index in [9.17, 15) is 19.2 Å². The maximum atomic E-state index is 12.8. The normalized spacial score (nSPS) is 22.2. The molecule has 10 heteroatoms. The number of nitrogens with zero attached hydrogens (tertiary/aromatic N) is 2. The molecule has 0 radical (unpaired) electrons. The number of ether oxygens (including phenoxy) is 3. The molecular formula is C24H31N3O7. The number of carbonyl (C=O) groups is 4.